The number of aliphatic hydroxyl groups is 1. The number of fused-ring (bicyclic) bond motifs is 5. The molecule has 1 nitrogen and oxygen atoms in total. The summed E-state index contributed by atoms with van der Waals surface area (Å²) in [6, 6.07) is 0. The third-order valence-electron chi connectivity index (χ3n) is 11.4. The van der Waals surface area contributed by atoms with Crippen LogP contribution >= 0.6 is 0 Å². The minimum Gasteiger partial charge on any atom is -0.513 e. The summed E-state index contributed by atoms with van der Waals surface area (Å²) in [7, 11) is 0. The lowest BCUT2D eigenvalue weighted by atomic mass is 9.45. The maximum Gasteiger partial charge on any atom is 0.0886 e. The van der Waals surface area contributed by atoms with Gasteiger partial charge in [-0.2, -0.15) is 0 Å². The predicted molar refractivity (Wildman–Crippen MR) is 133 cm³/mol. The van der Waals surface area contributed by atoms with Gasteiger partial charge in [0.1, 0.15) is 0 Å². The second kappa shape index (κ2) is 8.57. The highest BCUT2D eigenvalue weighted by Gasteiger charge is 2.60. The summed E-state index contributed by atoms with van der Waals surface area (Å²) in [5.74, 6) is 7.22. The van der Waals surface area contributed by atoms with Crippen molar-refractivity contribution in [3.05, 3.63) is 24.0 Å². The van der Waals surface area contributed by atoms with Crippen LogP contribution in [-0.2, 0) is 0 Å². The zero-order valence-corrected chi connectivity index (χ0v) is 21.4. The zero-order chi connectivity index (χ0) is 22.6. The predicted octanol–water partition coefficient (Wildman–Crippen LogP) is 8.96. The van der Waals surface area contributed by atoms with Gasteiger partial charge in [0.05, 0.1) is 5.76 Å². The Hall–Kier alpha value is -0.720. The third-order valence-corrected chi connectivity index (χ3v) is 11.4. The van der Waals surface area contributed by atoms with E-state index in [1.54, 1.807) is 0 Å². The molecule has 3 fully saturated rings. The number of allylic oxidation sites excluding steroid dienone is 3. The Labute approximate surface area is 193 Å². The molecule has 0 aromatic carbocycles. The molecule has 0 aromatic heterocycles. The first kappa shape index (κ1) is 23.4. The van der Waals surface area contributed by atoms with Crippen LogP contribution in [-0.4, -0.2) is 5.11 Å². The van der Waals surface area contributed by atoms with Gasteiger partial charge in [0.15, 0.2) is 0 Å². The summed E-state index contributed by atoms with van der Waals surface area (Å²) in [6.07, 6.45) is 15.6. The molecule has 4 aliphatic carbocycles. The second-order valence-electron chi connectivity index (χ2n) is 13.2. The molecule has 0 amide bonds. The van der Waals surface area contributed by atoms with Crippen molar-refractivity contribution in [3.8, 4) is 0 Å². The highest BCUT2D eigenvalue weighted by molar-refractivity contribution is 5.15. The van der Waals surface area contributed by atoms with Gasteiger partial charge in [-0.25, -0.2) is 0 Å². The van der Waals surface area contributed by atoms with Crippen molar-refractivity contribution < 1.29 is 5.11 Å². The van der Waals surface area contributed by atoms with Gasteiger partial charge in [0.25, 0.3) is 0 Å². The van der Waals surface area contributed by atoms with Gasteiger partial charge in [-0.3, -0.25) is 0 Å². The van der Waals surface area contributed by atoms with E-state index in [4.69, 9.17) is 0 Å². The Balaban J connectivity index is 1.46. The normalized spacial score (nSPS) is 44.1. The van der Waals surface area contributed by atoms with Crippen LogP contribution in [0.1, 0.15) is 106 Å². The topological polar surface area (TPSA) is 20.2 Å². The number of rotatable bonds is 6. The molecule has 4 aliphatic rings. The summed E-state index contributed by atoms with van der Waals surface area (Å²) in [6.45, 7) is 19.1. The van der Waals surface area contributed by atoms with Crippen LogP contribution in [0.5, 0.6) is 0 Å². The van der Waals surface area contributed by atoms with E-state index in [0.717, 1.165) is 36.0 Å². The molecule has 9 unspecified atom stereocenters. The van der Waals surface area contributed by atoms with Crippen molar-refractivity contribution in [2.75, 3.05) is 0 Å². The Morgan fingerprint density at radius 2 is 1.71 bits per heavy atom. The first-order chi connectivity index (χ1) is 14.6. The van der Waals surface area contributed by atoms with Crippen molar-refractivity contribution in [3.63, 3.8) is 0 Å². The van der Waals surface area contributed by atoms with Gasteiger partial charge in [-0.15, -0.1) is 0 Å². The van der Waals surface area contributed by atoms with Gasteiger partial charge in [0, 0.05) is 6.42 Å². The Morgan fingerprint density at radius 3 is 2.39 bits per heavy atom. The Morgan fingerprint density at radius 1 is 1.00 bits per heavy atom. The van der Waals surface area contributed by atoms with Crippen molar-refractivity contribution >= 4 is 0 Å². The van der Waals surface area contributed by atoms with Crippen molar-refractivity contribution in [2.24, 2.45) is 58.2 Å². The Kier molecular flexibility index (Phi) is 6.48. The lowest BCUT2D eigenvalue weighted by Crippen LogP contribution is -2.52. The molecule has 3 saturated carbocycles. The molecule has 0 spiro atoms. The van der Waals surface area contributed by atoms with Crippen molar-refractivity contribution in [1.82, 2.24) is 0 Å². The molecule has 0 radical (unpaired) electrons. The molecule has 1 N–H and O–H groups in total. The van der Waals surface area contributed by atoms with E-state index in [1.807, 2.05) is 0 Å². The standard InChI is InChI=1S/C30H50O/c1-19(2)24(20(3)4)10-8-21(5)26-12-13-27-25-11-9-22-18-23(31)14-16-29(22,6)28(25)15-17-30(26,27)7/h18,20-22,24-28,31H,1,8-17H2,2-7H3. The molecule has 1 heteroatoms. The van der Waals surface area contributed by atoms with Gasteiger partial charge < -0.3 is 5.11 Å². The van der Waals surface area contributed by atoms with E-state index in [9.17, 15) is 5.11 Å². The molecule has 4 rings (SSSR count). The van der Waals surface area contributed by atoms with Crippen LogP contribution in [0.2, 0.25) is 0 Å². The number of aliphatic hydroxyl groups excluding tert-OH is 1. The first-order valence-corrected chi connectivity index (χ1v) is 13.6. The summed E-state index contributed by atoms with van der Waals surface area (Å²) in [5.41, 5.74) is 2.38. The molecule has 0 bridgehead atoms. The highest BCUT2D eigenvalue weighted by atomic mass is 16.3. The number of hydrogen-bond donors (Lipinski definition) is 1. The van der Waals surface area contributed by atoms with Crippen LogP contribution in [0.3, 0.4) is 0 Å². The van der Waals surface area contributed by atoms with E-state index in [2.05, 4.69) is 54.2 Å². The van der Waals surface area contributed by atoms with Crippen molar-refractivity contribution in [2.45, 2.75) is 106 Å². The fourth-order valence-electron chi connectivity index (χ4n) is 9.61. The fraction of sp³-hybridized carbons (Fsp3) is 0.867. The van der Waals surface area contributed by atoms with E-state index < -0.39 is 0 Å². The Bertz CT molecular complexity index is 703. The minimum absolute atomic E-state index is 0.437. The summed E-state index contributed by atoms with van der Waals surface area (Å²) in [5, 5.41) is 10.2. The van der Waals surface area contributed by atoms with Gasteiger partial charge in [-0.1, -0.05) is 46.8 Å². The van der Waals surface area contributed by atoms with E-state index in [0.29, 0.717) is 34.3 Å². The maximum absolute atomic E-state index is 10.2. The average molecular weight is 427 g/mol. The lowest BCUT2D eigenvalue weighted by Gasteiger charge is -2.60. The second-order valence-corrected chi connectivity index (χ2v) is 13.2. The van der Waals surface area contributed by atoms with Crippen LogP contribution < -0.4 is 0 Å². The molecule has 0 aromatic rings. The first-order valence-electron chi connectivity index (χ1n) is 13.6. The van der Waals surface area contributed by atoms with E-state index >= 15 is 0 Å². The quantitative estimate of drug-likeness (QED) is 0.420. The van der Waals surface area contributed by atoms with Crippen LogP contribution in [0.4, 0.5) is 0 Å². The highest BCUT2D eigenvalue weighted by Crippen LogP contribution is 2.68. The van der Waals surface area contributed by atoms with Crippen LogP contribution in [0, 0.1) is 58.2 Å². The largest absolute Gasteiger partial charge is 0.513 e. The van der Waals surface area contributed by atoms with E-state index in [-0.39, 0.29) is 0 Å². The average Bonchev–Trinajstić information content (AvgIpc) is 3.05. The van der Waals surface area contributed by atoms with Gasteiger partial charge in [0.2, 0.25) is 0 Å². The number of hydrogen-bond acceptors (Lipinski definition) is 1. The van der Waals surface area contributed by atoms with E-state index in [1.165, 1.54) is 63.4 Å². The SMILES string of the molecule is C=C(C)C(CCC(C)C1CCC2C3CCC4C=C(O)CCC4(C)C3CCC12C)C(C)C. The smallest absolute Gasteiger partial charge is 0.0886 e. The van der Waals surface area contributed by atoms with Gasteiger partial charge >= 0.3 is 0 Å². The van der Waals surface area contributed by atoms with Crippen molar-refractivity contribution in [1.29, 1.82) is 0 Å². The third kappa shape index (κ3) is 3.95. The molecule has 0 heterocycles. The molecular formula is C30H50O. The summed E-state index contributed by atoms with van der Waals surface area (Å²) in [4.78, 5) is 0. The van der Waals surface area contributed by atoms with Gasteiger partial charge in [-0.05, 0) is 129 Å². The lowest BCUT2D eigenvalue weighted by molar-refractivity contribution is -0.0980. The fourth-order valence-corrected chi connectivity index (χ4v) is 9.61. The summed E-state index contributed by atoms with van der Waals surface area (Å²) < 4.78 is 0. The molecular weight excluding hydrogens is 376 g/mol. The monoisotopic (exact) mass is 426 g/mol. The maximum atomic E-state index is 10.2. The van der Waals surface area contributed by atoms with Crippen LogP contribution in [0.25, 0.3) is 0 Å². The molecule has 0 saturated heterocycles. The molecule has 31 heavy (non-hydrogen) atoms. The zero-order valence-electron chi connectivity index (χ0n) is 21.4. The molecule has 176 valence electrons. The molecule has 0 aliphatic heterocycles. The minimum atomic E-state index is 0.437. The summed E-state index contributed by atoms with van der Waals surface area (Å²) >= 11 is 0. The molecule has 9 atom stereocenters. The van der Waals surface area contributed by atoms with Crippen LogP contribution in [0.15, 0.2) is 24.0 Å².